The quantitative estimate of drug-likeness (QED) is 0.511. The molecule has 2 heterocycles. The highest BCUT2D eigenvalue weighted by atomic mass is 28.1. The number of fused-ring (bicyclic) bond motifs is 2. The van der Waals surface area contributed by atoms with E-state index in [1.807, 2.05) is 0 Å². The Morgan fingerprint density at radius 2 is 2.40 bits per heavy atom. The minimum absolute atomic E-state index is 0.455. The Morgan fingerprint density at radius 3 is 2.90 bits per heavy atom. The number of ether oxygens (including phenoxy) is 2. The molecule has 2 nitrogen and oxygen atoms in total. The molecule has 2 aliphatic rings. The summed E-state index contributed by atoms with van der Waals surface area (Å²) < 4.78 is 11.2. The third-order valence-corrected chi connectivity index (χ3v) is 2.76. The Balaban J connectivity index is 1.90. The third-order valence-electron chi connectivity index (χ3n) is 2.43. The average molecular weight is 158 g/mol. The fourth-order valence-electron chi connectivity index (χ4n) is 1.98. The van der Waals surface area contributed by atoms with Crippen LogP contribution in [0.1, 0.15) is 19.3 Å². The summed E-state index contributed by atoms with van der Waals surface area (Å²) in [5.74, 6) is 0. The summed E-state index contributed by atoms with van der Waals surface area (Å²) >= 11 is 0. The molecule has 2 saturated heterocycles. The zero-order valence-electron chi connectivity index (χ0n) is 6.38. The summed E-state index contributed by atoms with van der Waals surface area (Å²) in [7, 11) is 1.15. The highest BCUT2D eigenvalue weighted by molar-refractivity contribution is 6.08. The fraction of sp³-hybridized carbons (Fsp3) is 1.00. The zero-order chi connectivity index (χ0) is 6.97. The molecule has 0 aromatic heterocycles. The Labute approximate surface area is 64.3 Å². The lowest BCUT2D eigenvalue weighted by Gasteiger charge is -2.17. The van der Waals surface area contributed by atoms with Crippen molar-refractivity contribution in [3.05, 3.63) is 0 Å². The van der Waals surface area contributed by atoms with E-state index >= 15 is 0 Å². The summed E-state index contributed by atoms with van der Waals surface area (Å²) in [6, 6.07) is 0. The number of hydrogen-bond acceptors (Lipinski definition) is 2. The molecule has 58 valence electrons. The monoisotopic (exact) mass is 158 g/mol. The molecule has 0 amide bonds. The van der Waals surface area contributed by atoms with Crippen molar-refractivity contribution in [3.63, 3.8) is 0 Å². The Kier molecular flexibility index (Phi) is 1.80. The van der Waals surface area contributed by atoms with Gasteiger partial charge in [-0.2, -0.15) is 0 Å². The van der Waals surface area contributed by atoms with Gasteiger partial charge in [0.2, 0.25) is 0 Å². The van der Waals surface area contributed by atoms with Gasteiger partial charge in [0.25, 0.3) is 0 Å². The molecule has 2 aliphatic heterocycles. The van der Waals surface area contributed by atoms with Gasteiger partial charge in [0.1, 0.15) is 0 Å². The van der Waals surface area contributed by atoms with Crippen molar-refractivity contribution in [2.24, 2.45) is 0 Å². The van der Waals surface area contributed by atoms with E-state index in [1.54, 1.807) is 0 Å². The topological polar surface area (TPSA) is 18.5 Å². The van der Waals surface area contributed by atoms with Crippen molar-refractivity contribution in [1.82, 2.24) is 0 Å². The number of hydrogen-bond donors (Lipinski definition) is 0. The van der Waals surface area contributed by atoms with E-state index in [-0.39, 0.29) is 0 Å². The smallest absolute Gasteiger partial charge is 0.0856 e. The minimum atomic E-state index is 0.455. The van der Waals surface area contributed by atoms with Crippen LogP contribution in [0.3, 0.4) is 0 Å². The highest BCUT2D eigenvalue weighted by Gasteiger charge is 2.40. The van der Waals surface area contributed by atoms with Crippen LogP contribution in [0.15, 0.2) is 0 Å². The van der Waals surface area contributed by atoms with Crippen LogP contribution < -0.4 is 0 Å². The molecule has 10 heavy (non-hydrogen) atoms. The Morgan fingerprint density at radius 1 is 1.50 bits per heavy atom. The minimum Gasteiger partial charge on any atom is -0.380 e. The second-order valence-corrected chi connectivity index (χ2v) is 3.68. The van der Waals surface area contributed by atoms with Crippen LogP contribution in [-0.2, 0) is 9.47 Å². The fourth-order valence-corrected chi connectivity index (χ4v) is 2.41. The van der Waals surface area contributed by atoms with Gasteiger partial charge < -0.3 is 9.47 Å². The Bertz CT molecular complexity index is 129. The average Bonchev–Trinajstić information content (AvgIpc) is 2.48. The van der Waals surface area contributed by atoms with E-state index in [9.17, 15) is 0 Å². The predicted molar refractivity (Wildman–Crippen MR) is 42.2 cm³/mol. The van der Waals surface area contributed by atoms with Gasteiger partial charge in [-0.25, -0.2) is 0 Å². The third kappa shape index (κ3) is 1.02. The largest absolute Gasteiger partial charge is 0.380 e. The standard InChI is InChI=1S/C7H14O2Si/c10-4-8-7-3-5-1-2-6(7)9-5/h5-7H,1-4H2,10H3. The molecule has 3 atom stereocenters. The number of rotatable bonds is 2. The lowest BCUT2D eigenvalue weighted by atomic mass is 9.98. The van der Waals surface area contributed by atoms with Crippen LogP contribution in [0, 0.1) is 0 Å². The summed E-state index contributed by atoms with van der Waals surface area (Å²) in [5.41, 5.74) is 0. The van der Waals surface area contributed by atoms with E-state index in [1.165, 1.54) is 12.8 Å². The molecule has 0 radical (unpaired) electrons. The predicted octanol–water partition coefficient (Wildman–Crippen LogP) is -0.354. The molecule has 0 spiro atoms. The van der Waals surface area contributed by atoms with Crippen LogP contribution >= 0.6 is 0 Å². The van der Waals surface area contributed by atoms with Crippen molar-refractivity contribution in [1.29, 1.82) is 0 Å². The van der Waals surface area contributed by atoms with E-state index < -0.39 is 0 Å². The molecular weight excluding hydrogens is 144 g/mol. The van der Waals surface area contributed by atoms with Gasteiger partial charge in [0, 0.05) is 22.9 Å². The van der Waals surface area contributed by atoms with Crippen LogP contribution in [0.2, 0.25) is 0 Å². The molecule has 0 saturated carbocycles. The molecule has 3 heteroatoms. The molecule has 2 fully saturated rings. The second-order valence-electron chi connectivity index (χ2n) is 3.10. The summed E-state index contributed by atoms with van der Waals surface area (Å²) in [5, 5.41) is 0. The molecular formula is C7H14O2Si. The molecule has 0 aliphatic carbocycles. The van der Waals surface area contributed by atoms with Crippen molar-refractivity contribution in [2.75, 3.05) is 6.23 Å². The van der Waals surface area contributed by atoms with Gasteiger partial charge in [-0.1, -0.05) is 0 Å². The zero-order valence-corrected chi connectivity index (χ0v) is 8.38. The Hall–Kier alpha value is 0.137. The van der Waals surface area contributed by atoms with Gasteiger partial charge in [-0.15, -0.1) is 0 Å². The highest BCUT2D eigenvalue weighted by Crippen LogP contribution is 2.35. The van der Waals surface area contributed by atoms with E-state index in [2.05, 4.69) is 0 Å². The van der Waals surface area contributed by atoms with Crippen molar-refractivity contribution in [3.8, 4) is 0 Å². The van der Waals surface area contributed by atoms with Gasteiger partial charge in [0.05, 0.1) is 18.3 Å². The summed E-state index contributed by atoms with van der Waals surface area (Å²) in [6.45, 7) is 0. The van der Waals surface area contributed by atoms with Gasteiger partial charge in [-0.05, 0) is 12.8 Å². The summed E-state index contributed by atoms with van der Waals surface area (Å²) in [4.78, 5) is 0. The maximum Gasteiger partial charge on any atom is 0.0856 e. The summed E-state index contributed by atoms with van der Waals surface area (Å²) in [6.07, 6.45) is 6.09. The van der Waals surface area contributed by atoms with E-state index in [4.69, 9.17) is 9.47 Å². The first-order valence-corrected chi connectivity index (χ1v) is 5.58. The van der Waals surface area contributed by atoms with E-state index in [0.717, 1.165) is 22.9 Å². The molecule has 2 rings (SSSR count). The molecule has 0 N–H and O–H groups in total. The first kappa shape index (κ1) is 6.82. The maximum absolute atomic E-state index is 5.63. The van der Waals surface area contributed by atoms with Gasteiger partial charge >= 0.3 is 0 Å². The van der Waals surface area contributed by atoms with Crippen LogP contribution in [0.4, 0.5) is 0 Å². The van der Waals surface area contributed by atoms with E-state index in [0.29, 0.717) is 18.3 Å². The van der Waals surface area contributed by atoms with Crippen molar-refractivity contribution < 1.29 is 9.47 Å². The van der Waals surface area contributed by atoms with Gasteiger partial charge in [0.15, 0.2) is 0 Å². The van der Waals surface area contributed by atoms with Crippen LogP contribution in [0.25, 0.3) is 0 Å². The lowest BCUT2D eigenvalue weighted by Crippen LogP contribution is -2.25. The van der Waals surface area contributed by atoms with Crippen LogP contribution in [-0.4, -0.2) is 34.8 Å². The molecule has 0 aromatic rings. The normalized spacial score (nSPS) is 45.0. The van der Waals surface area contributed by atoms with Crippen molar-refractivity contribution in [2.45, 2.75) is 37.6 Å². The van der Waals surface area contributed by atoms with Crippen molar-refractivity contribution >= 4 is 10.2 Å². The maximum atomic E-state index is 5.63. The second kappa shape index (κ2) is 2.64. The van der Waals surface area contributed by atoms with Gasteiger partial charge in [-0.3, -0.25) is 0 Å². The molecule has 0 aromatic carbocycles. The SMILES string of the molecule is [SiH3]COC1CC2CCC1O2. The first-order chi connectivity index (χ1) is 4.90. The first-order valence-electron chi connectivity index (χ1n) is 4.17. The lowest BCUT2D eigenvalue weighted by molar-refractivity contribution is 0.0183. The molecule has 3 unspecified atom stereocenters. The molecule has 2 bridgehead atoms. The van der Waals surface area contributed by atoms with Crippen LogP contribution in [0.5, 0.6) is 0 Å².